The standard InChI is InChI=1S/C13H16BrN/c1-2-3-9-15-13-8-7-10-11(13)5-4-6-12(10)14/h4-6H,2-3,7-9H2,1H3. The molecule has 0 aromatic heterocycles. The number of benzene rings is 1. The Morgan fingerprint density at radius 3 is 3.00 bits per heavy atom. The summed E-state index contributed by atoms with van der Waals surface area (Å²) < 4.78 is 1.24. The van der Waals surface area contributed by atoms with Gasteiger partial charge in [-0.2, -0.15) is 0 Å². The average molecular weight is 266 g/mol. The minimum Gasteiger partial charge on any atom is -0.289 e. The van der Waals surface area contributed by atoms with Crippen molar-refractivity contribution >= 4 is 21.6 Å². The molecule has 2 heteroatoms. The third kappa shape index (κ3) is 2.31. The van der Waals surface area contributed by atoms with Crippen LogP contribution in [0.4, 0.5) is 0 Å². The van der Waals surface area contributed by atoms with Crippen LogP contribution in [0.5, 0.6) is 0 Å². The second kappa shape index (κ2) is 4.93. The van der Waals surface area contributed by atoms with Crippen molar-refractivity contribution in [3.63, 3.8) is 0 Å². The molecule has 1 aromatic carbocycles. The molecule has 0 radical (unpaired) electrons. The van der Waals surface area contributed by atoms with Gasteiger partial charge in [0.2, 0.25) is 0 Å². The van der Waals surface area contributed by atoms with Gasteiger partial charge in [0.05, 0.1) is 0 Å². The molecule has 0 bridgehead atoms. The Labute approximate surface area is 99.7 Å². The van der Waals surface area contributed by atoms with Crippen LogP contribution in [0.1, 0.15) is 37.3 Å². The third-order valence-corrected chi connectivity index (χ3v) is 3.60. The number of hydrogen-bond acceptors (Lipinski definition) is 1. The van der Waals surface area contributed by atoms with E-state index in [1.807, 2.05) is 0 Å². The smallest absolute Gasteiger partial charge is 0.0427 e. The minimum absolute atomic E-state index is 0.984. The number of hydrogen-bond donors (Lipinski definition) is 0. The highest BCUT2D eigenvalue weighted by atomic mass is 79.9. The summed E-state index contributed by atoms with van der Waals surface area (Å²) in [6, 6.07) is 6.41. The summed E-state index contributed by atoms with van der Waals surface area (Å²) in [4.78, 5) is 4.69. The van der Waals surface area contributed by atoms with Crippen molar-refractivity contribution < 1.29 is 0 Å². The zero-order chi connectivity index (χ0) is 10.7. The second-order valence-electron chi connectivity index (χ2n) is 3.95. The molecule has 0 saturated heterocycles. The largest absolute Gasteiger partial charge is 0.289 e. The van der Waals surface area contributed by atoms with E-state index in [1.54, 1.807) is 0 Å². The molecule has 0 spiro atoms. The van der Waals surface area contributed by atoms with Gasteiger partial charge in [-0.05, 0) is 36.5 Å². The van der Waals surface area contributed by atoms with Crippen LogP contribution in [0, 0.1) is 0 Å². The van der Waals surface area contributed by atoms with Gasteiger partial charge >= 0.3 is 0 Å². The maximum Gasteiger partial charge on any atom is 0.0427 e. The van der Waals surface area contributed by atoms with Crippen LogP contribution in [0.2, 0.25) is 0 Å². The monoisotopic (exact) mass is 265 g/mol. The van der Waals surface area contributed by atoms with Crippen LogP contribution >= 0.6 is 15.9 Å². The molecular weight excluding hydrogens is 250 g/mol. The van der Waals surface area contributed by atoms with Crippen molar-refractivity contribution in [1.82, 2.24) is 0 Å². The van der Waals surface area contributed by atoms with E-state index in [4.69, 9.17) is 4.99 Å². The predicted molar refractivity (Wildman–Crippen MR) is 68.8 cm³/mol. The molecule has 0 fully saturated rings. The number of nitrogens with zero attached hydrogens (tertiary/aromatic N) is 1. The van der Waals surface area contributed by atoms with Crippen LogP contribution in [-0.2, 0) is 6.42 Å². The first-order valence-electron chi connectivity index (χ1n) is 5.64. The van der Waals surface area contributed by atoms with Crippen LogP contribution in [0.3, 0.4) is 0 Å². The van der Waals surface area contributed by atoms with Crippen molar-refractivity contribution in [3.05, 3.63) is 33.8 Å². The van der Waals surface area contributed by atoms with E-state index in [0.717, 1.165) is 19.4 Å². The highest BCUT2D eigenvalue weighted by molar-refractivity contribution is 9.10. The van der Waals surface area contributed by atoms with E-state index in [9.17, 15) is 0 Å². The molecule has 1 aliphatic rings. The highest BCUT2D eigenvalue weighted by Gasteiger charge is 2.18. The van der Waals surface area contributed by atoms with E-state index in [-0.39, 0.29) is 0 Å². The first kappa shape index (κ1) is 10.9. The van der Waals surface area contributed by atoms with Crippen molar-refractivity contribution in [3.8, 4) is 0 Å². The topological polar surface area (TPSA) is 12.4 Å². The quantitative estimate of drug-likeness (QED) is 0.734. The molecule has 80 valence electrons. The summed E-state index contributed by atoms with van der Waals surface area (Å²) >= 11 is 3.60. The molecule has 0 N–H and O–H groups in total. The summed E-state index contributed by atoms with van der Waals surface area (Å²) in [6.07, 6.45) is 4.68. The zero-order valence-corrected chi connectivity index (χ0v) is 10.7. The predicted octanol–water partition coefficient (Wildman–Crippen LogP) is 3.98. The van der Waals surface area contributed by atoms with Crippen molar-refractivity contribution in [1.29, 1.82) is 0 Å². The van der Waals surface area contributed by atoms with Crippen LogP contribution in [-0.4, -0.2) is 12.3 Å². The van der Waals surface area contributed by atoms with Gasteiger partial charge in [0.15, 0.2) is 0 Å². The first-order chi connectivity index (χ1) is 7.33. The maximum atomic E-state index is 4.69. The third-order valence-electron chi connectivity index (χ3n) is 2.86. The molecule has 15 heavy (non-hydrogen) atoms. The Balaban J connectivity index is 2.21. The number of aliphatic imine (C=N–C) groups is 1. The lowest BCUT2D eigenvalue weighted by molar-refractivity contribution is 0.806. The van der Waals surface area contributed by atoms with Crippen molar-refractivity contribution in [2.45, 2.75) is 32.6 Å². The number of rotatable bonds is 3. The molecule has 1 nitrogen and oxygen atoms in total. The molecule has 0 unspecified atom stereocenters. The molecule has 0 saturated carbocycles. The highest BCUT2D eigenvalue weighted by Crippen LogP contribution is 2.29. The van der Waals surface area contributed by atoms with E-state index in [0.29, 0.717) is 0 Å². The molecule has 1 aliphatic carbocycles. The molecule has 0 amide bonds. The molecular formula is C13H16BrN. The van der Waals surface area contributed by atoms with Gasteiger partial charge in [-0.3, -0.25) is 4.99 Å². The minimum atomic E-state index is 0.984. The fourth-order valence-corrected chi connectivity index (χ4v) is 2.56. The second-order valence-corrected chi connectivity index (χ2v) is 4.80. The first-order valence-corrected chi connectivity index (χ1v) is 6.43. The van der Waals surface area contributed by atoms with Crippen molar-refractivity contribution in [2.24, 2.45) is 4.99 Å². The lowest BCUT2D eigenvalue weighted by Gasteiger charge is -2.01. The summed E-state index contributed by atoms with van der Waals surface area (Å²) in [5.41, 5.74) is 4.10. The summed E-state index contributed by atoms with van der Waals surface area (Å²) in [7, 11) is 0. The van der Waals surface area contributed by atoms with E-state index in [1.165, 1.54) is 34.2 Å². The normalized spacial score (nSPS) is 17.1. The van der Waals surface area contributed by atoms with Crippen LogP contribution in [0.15, 0.2) is 27.7 Å². The summed E-state index contributed by atoms with van der Waals surface area (Å²) in [6.45, 7) is 3.19. The summed E-state index contributed by atoms with van der Waals surface area (Å²) in [5, 5.41) is 0. The Hall–Kier alpha value is -0.630. The SMILES string of the molecule is CCCCN=C1CCc2c(Br)cccc21. The molecule has 2 rings (SSSR count). The average Bonchev–Trinajstić information content (AvgIpc) is 2.64. The van der Waals surface area contributed by atoms with Crippen LogP contribution < -0.4 is 0 Å². The van der Waals surface area contributed by atoms with Crippen molar-refractivity contribution in [2.75, 3.05) is 6.54 Å². The summed E-state index contributed by atoms with van der Waals surface area (Å²) in [5.74, 6) is 0. The van der Waals surface area contributed by atoms with E-state index in [2.05, 4.69) is 41.1 Å². The van der Waals surface area contributed by atoms with Gasteiger partial charge in [-0.1, -0.05) is 41.4 Å². The molecule has 1 aromatic rings. The number of halogens is 1. The number of unbranched alkanes of at least 4 members (excludes halogenated alkanes) is 1. The van der Waals surface area contributed by atoms with E-state index < -0.39 is 0 Å². The number of fused-ring (bicyclic) bond motifs is 1. The lowest BCUT2D eigenvalue weighted by atomic mass is 10.1. The van der Waals surface area contributed by atoms with Gasteiger partial charge in [-0.25, -0.2) is 0 Å². The zero-order valence-electron chi connectivity index (χ0n) is 9.09. The van der Waals surface area contributed by atoms with Gasteiger partial charge in [-0.15, -0.1) is 0 Å². The van der Waals surface area contributed by atoms with Gasteiger partial charge in [0.1, 0.15) is 0 Å². The van der Waals surface area contributed by atoms with Crippen LogP contribution in [0.25, 0.3) is 0 Å². The fourth-order valence-electron chi connectivity index (χ4n) is 2.00. The molecule has 0 aliphatic heterocycles. The van der Waals surface area contributed by atoms with Gasteiger partial charge < -0.3 is 0 Å². The van der Waals surface area contributed by atoms with Gasteiger partial charge in [0.25, 0.3) is 0 Å². The Morgan fingerprint density at radius 1 is 1.33 bits per heavy atom. The maximum absolute atomic E-state index is 4.69. The Kier molecular flexibility index (Phi) is 3.57. The molecule has 0 atom stereocenters. The fraction of sp³-hybridized carbons (Fsp3) is 0.462. The lowest BCUT2D eigenvalue weighted by Crippen LogP contribution is -1.96. The van der Waals surface area contributed by atoms with Gasteiger partial charge in [0, 0.05) is 16.7 Å². The molecule has 0 heterocycles. The van der Waals surface area contributed by atoms with E-state index >= 15 is 0 Å². The Morgan fingerprint density at radius 2 is 2.20 bits per heavy atom. The Bertz CT molecular complexity index is 382.